The van der Waals surface area contributed by atoms with Gasteiger partial charge < -0.3 is 14.7 Å². The predicted octanol–water partition coefficient (Wildman–Crippen LogP) is 2.08. The van der Waals surface area contributed by atoms with Gasteiger partial charge in [0, 0.05) is 7.05 Å². The molecule has 0 aliphatic rings. The van der Waals surface area contributed by atoms with E-state index in [1.807, 2.05) is 0 Å². The molecule has 0 unspecified atom stereocenters. The highest BCUT2D eigenvalue weighted by molar-refractivity contribution is 7.11. The van der Waals surface area contributed by atoms with Crippen LogP contribution < -0.4 is 4.90 Å². The van der Waals surface area contributed by atoms with Gasteiger partial charge in [-0.05, 0) is 18.5 Å². The number of aromatic carboxylic acids is 1. The van der Waals surface area contributed by atoms with E-state index in [0.29, 0.717) is 0 Å². The normalized spacial score (nSPS) is 11.5. The van der Waals surface area contributed by atoms with Gasteiger partial charge in [0.05, 0.1) is 18.7 Å². The molecule has 1 heterocycles. The van der Waals surface area contributed by atoms with E-state index < -0.39 is 31.3 Å². The molecule has 1 rings (SSSR count). The Kier molecular flexibility index (Phi) is 5.67. The number of carboxylic acid groups (broad SMARTS) is 1. The highest BCUT2D eigenvalue weighted by atomic mass is 32.1. The SMILES string of the molecule is Cc1nsc(N(C)C(=O)CCOCC(F)(F)F)c1C(=O)O. The van der Waals surface area contributed by atoms with Crippen molar-refractivity contribution in [2.24, 2.45) is 0 Å². The first-order valence-electron chi connectivity index (χ1n) is 5.74. The van der Waals surface area contributed by atoms with Gasteiger partial charge in [-0.2, -0.15) is 17.5 Å². The molecule has 0 bridgehead atoms. The van der Waals surface area contributed by atoms with Gasteiger partial charge >= 0.3 is 12.1 Å². The lowest BCUT2D eigenvalue weighted by atomic mass is 10.2. The number of aryl methyl sites for hydroxylation is 1. The van der Waals surface area contributed by atoms with Gasteiger partial charge in [-0.25, -0.2) is 4.79 Å². The van der Waals surface area contributed by atoms with Crippen LogP contribution in [0.2, 0.25) is 0 Å². The van der Waals surface area contributed by atoms with E-state index in [4.69, 9.17) is 5.11 Å². The first kappa shape index (κ1) is 17.4. The van der Waals surface area contributed by atoms with E-state index in [-0.39, 0.29) is 22.7 Å². The van der Waals surface area contributed by atoms with Crippen molar-refractivity contribution in [3.05, 3.63) is 11.3 Å². The monoisotopic (exact) mass is 326 g/mol. The molecule has 0 aliphatic carbocycles. The summed E-state index contributed by atoms with van der Waals surface area (Å²) >= 11 is 0.838. The van der Waals surface area contributed by atoms with Gasteiger partial charge in [0.2, 0.25) is 5.91 Å². The first-order valence-corrected chi connectivity index (χ1v) is 6.51. The number of carbonyl (C=O) groups is 2. The third kappa shape index (κ3) is 4.97. The van der Waals surface area contributed by atoms with E-state index in [9.17, 15) is 22.8 Å². The number of carboxylic acids is 1. The zero-order valence-electron chi connectivity index (χ0n) is 11.2. The molecule has 10 heteroatoms. The van der Waals surface area contributed by atoms with Gasteiger partial charge in [-0.3, -0.25) is 4.79 Å². The fraction of sp³-hybridized carbons (Fsp3) is 0.545. The molecule has 0 saturated carbocycles. The summed E-state index contributed by atoms with van der Waals surface area (Å²) in [5, 5.41) is 9.19. The molecule has 0 spiro atoms. The maximum atomic E-state index is 11.9. The van der Waals surface area contributed by atoms with Crippen LogP contribution in [0.5, 0.6) is 0 Å². The summed E-state index contributed by atoms with van der Waals surface area (Å²) in [5.41, 5.74) is 0.183. The molecule has 21 heavy (non-hydrogen) atoms. The van der Waals surface area contributed by atoms with E-state index in [1.165, 1.54) is 14.0 Å². The molecule has 0 atom stereocenters. The first-order chi connectivity index (χ1) is 9.63. The van der Waals surface area contributed by atoms with Crippen molar-refractivity contribution < 1.29 is 32.6 Å². The largest absolute Gasteiger partial charge is 0.478 e. The number of carbonyl (C=O) groups excluding carboxylic acids is 1. The molecule has 1 aromatic heterocycles. The number of anilines is 1. The third-order valence-electron chi connectivity index (χ3n) is 2.46. The van der Waals surface area contributed by atoms with Gasteiger partial charge in [-0.15, -0.1) is 0 Å². The Morgan fingerprint density at radius 3 is 2.57 bits per heavy atom. The lowest BCUT2D eigenvalue weighted by Gasteiger charge is -2.16. The number of nitrogens with zero attached hydrogens (tertiary/aromatic N) is 2. The number of rotatable bonds is 6. The minimum absolute atomic E-state index is 0.0907. The van der Waals surface area contributed by atoms with Crippen LogP contribution in [0, 0.1) is 6.92 Å². The van der Waals surface area contributed by atoms with Crippen molar-refractivity contribution in [3.8, 4) is 0 Å². The van der Waals surface area contributed by atoms with Crippen LogP contribution in [0.15, 0.2) is 0 Å². The highest BCUT2D eigenvalue weighted by Crippen LogP contribution is 2.28. The highest BCUT2D eigenvalue weighted by Gasteiger charge is 2.28. The van der Waals surface area contributed by atoms with Crippen LogP contribution in [0.1, 0.15) is 22.5 Å². The van der Waals surface area contributed by atoms with Crippen LogP contribution in [0.25, 0.3) is 0 Å². The second-order valence-corrected chi connectivity index (χ2v) is 4.88. The average Bonchev–Trinajstić information content (AvgIpc) is 2.74. The minimum Gasteiger partial charge on any atom is -0.478 e. The maximum Gasteiger partial charge on any atom is 0.411 e. The molecule has 0 aromatic carbocycles. The Morgan fingerprint density at radius 2 is 2.05 bits per heavy atom. The summed E-state index contributed by atoms with van der Waals surface area (Å²) in [6.45, 7) is -0.332. The zero-order chi connectivity index (χ0) is 16.2. The number of aromatic nitrogens is 1. The molecular formula is C11H13F3N2O4S. The van der Waals surface area contributed by atoms with Crippen LogP contribution >= 0.6 is 11.5 Å². The lowest BCUT2D eigenvalue weighted by Crippen LogP contribution is -2.28. The molecule has 118 valence electrons. The van der Waals surface area contributed by atoms with Gasteiger partial charge in [0.25, 0.3) is 0 Å². The molecular weight excluding hydrogens is 313 g/mol. The fourth-order valence-corrected chi connectivity index (χ4v) is 2.33. The number of ether oxygens (including phenoxy) is 1. The Bertz CT molecular complexity index is 530. The number of amides is 1. The molecule has 0 fully saturated rings. The molecule has 0 aliphatic heterocycles. The topological polar surface area (TPSA) is 79.7 Å². The van der Waals surface area contributed by atoms with Gasteiger partial charge in [0.15, 0.2) is 0 Å². The smallest absolute Gasteiger partial charge is 0.411 e. The van der Waals surface area contributed by atoms with E-state index in [0.717, 1.165) is 16.4 Å². The number of hydrogen-bond acceptors (Lipinski definition) is 5. The average molecular weight is 326 g/mol. The zero-order valence-corrected chi connectivity index (χ0v) is 12.0. The van der Waals surface area contributed by atoms with Crippen molar-refractivity contribution in [1.82, 2.24) is 4.37 Å². The van der Waals surface area contributed by atoms with Crippen LogP contribution in [-0.2, 0) is 9.53 Å². The van der Waals surface area contributed by atoms with Crippen LogP contribution in [-0.4, -0.2) is 47.8 Å². The summed E-state index contributed by atoms with van der Waals surface area (Å²) in [5.74, 6) is -1.77. The van der Waals surface area contributed by atoms with E-state index in [1.54, 1.807) is 0 Å². The molecule has 1 amide bonds. The maximum absolute atomic E-state index is 11.9. The summed E-state index contributed by atoms with van der Waals surface area (Å²) in [6.07, 6.45) is -4.73. The third-order valence-corrected chi connectivity index (χ3v) is 3.48. The Balaban J connectivity index is 2.61. The molecule has 1 aromatic rings. The summed E-state index contributed by atoms with van der Waals surface area (Å²) in [4.78, 5) is 23.9. The molecule has 0 radical (unpaired) electrons. The van der Waals surface area contributed by atoms with Crippen LogP contribution in [0.4, 0.5) is 18.2 Å². The Labute approximate surface area is 122 Å². The molecule has 0 saturated heterocycles. The van der Waals surface area contributed by atoms with E-state index >= 15 is 0 Å². The van der Waals surface area contributed by atoms with Crippen molar-refractivity contribution in [1.29, 1.82) is 0 Å². The Morgan fingerprint density at radius 1 is 1.43 bits per heavy atom. The predicted molar refractivity (Wildman–Crippen MR) is 68.7 cm³/mol. The lowest BCUT2D eigenvalue weighted by molar-refractivity contribution is -0.174. The second kappa shape index (κ2) is 6.85. The summed E-state index contributed by atoms with van der Waals surface area (Å²) < 4.78 is 43.8. The number of alkyl halides is 3. The quantitative estimate of drug-likeness (QED) is 0.810. The van der Waals surface area contributed by atoms with E-state index in [2.05, 4.69) is 9.11 Å². The van der Waals surface area contributed by atoms with Gasteiger partial charge in [0.1, 0.15) is 17.2 Å². The molecule has 6 nitrogen and oxygen atoms in total. The summed E-state index contributed by atoms with van der Waals surface area (Å²) in [7, 11) is 1.34. The fourth-order valence-electron chi connectivity index (χ4n) is 1.46. The second-order valence-electron chi connectivity index (χ2n) is 4.12. The standard InChI is InChI=1S/C11H13F3N2O4S/c1-6-8(10(18)19)9(21-15-6)16(2)7(17)3-4-20-5-11(12,13)14/h3-5H2,1-2H3,(H,18,19). The van der Waals surface area contributed by atoms with Crippen molar-refractivity contribution in [2.45, 2.75) is 19.5 Å². The van der Waals surface area contributed by atoms with Gasteiger partial charge in [-0.1, -0.05) is 0 Å². The number of halogens is 3. The summed E-state index contributed by atoms with van der Waals surface area (Å²) in [6, 6.07) is 0. The van der Waals surface area contributed by atoms with Crippen molar-refractivity contribution in [2.75, 3.05) is 25.2 Å². The minimum atomic E-state index is -4.44. The Hall–Kier alpha value is -1.68. The molecule has 1 N–H and O–H groups in total. The van der Waals surface area contributed by atoms with Crippen molar-refractivity contribution >= 4 is 28.4 Å². The van der Waals surface area contributed by atoms with Crippen LogP contribution in [0.3, 0.4) is 0 Å². The van der Waals surface area contributed by atoms with Crippen molar-refractivity contribution in [3.63, 3.8) is 0 Å². The number of hydrogen-bond donors (Lipinski definition) is 1.